The van der Waals surface area contributed by atoms with Gasteiger partial charge in [-0.25, -0.2) is 4.98 Å². The third kappa shape index (κ3) is 5.55. The molecule has 2 aromatic carbocycles. The maximum Gasteiger partial charge on any atom is 0.316 e. The highest BCUT2D eigenvalue weighted by atomic mass is 32.2. The van der Waals surface area contributed by atoms with Crippen molar-refractivity contribution in [3.05, 3.63) is 52.1 Å². The van der Waals surface area contributed by atoms with E-state index < -0.39 is 10.8 Å². The molecule has 0 radical (unpaired) electrons. The Balaban J connectivity index is 1.83. The Hall–Kier alpha value is -3.51. The number of aromatic nitrogens is 1. The van der Waals surface area contributed by atoms with Crippen molar-refractivity contribution in [2.75, 3.05) is 23.5 Å². The predicted molar refractivity (Wildman–Crippen MR) is 118 cm³/mol. The highest BCUT2D eigenvalue weighted by Crippen LogP contribution is 2.32. The zero-order valence-electron chi connectivity index (χ0n) is 16.3. The molecule has 0 aliphatic rings. The van der Waals surface area contributed by atoms with Crippen LogP contribution in [0.5, 0.6) is 0 Å². The predicted octanol–water partition coefficient (Wildman–Crippen LogP) is 3.68. The molecule has 0 aliphatic carbocycles. The summed E-state index contributed by atoms with van der Waals surface area (Å²) in [6.07, 6.45) is 0. The van der Waals surface area contributed by atoms with Gasteiger partial charge in [0.2, 0.25) is 5.91 Å². The number of carbonyl (C=O) groups is 3. The summed E-state index contributed by atoms with van der Waals surface area (Å²) in [6.45, 7) is 1.29. The monoisotopic (exact) mass is 460 g/mol. The number of ether oxygens (including phenoxy) is 1. The van der Waals surface area contributed by atoms with Gasteiger partial charge in [0.05, 0.1) is 28.0 Å². The van der Waals surface area contributed by atoms with Crippen molar-refractivity contribution in [1.82, 2.24) is 4.98 Å². The van der Waals surface area contributed by atoms with Crippen molar-refractivity contribution in [2.45, 2.75) is 11.3 Å². The van der Waals surface area contributed by atoms with E-state index in [1.807, 2.05) is 0 Å². The maximum atomic E-state index is 12.7. The van der Waals surface area contributed by atoms with Crippen LogP contribution in [0.4, 0.5) is 17.1 Å². The molecular weight excluding hydrogens is 444 g/mol. The lowest BCUT2D eigenvalue weighted by Crippen LogP contribution is -2.15. The summed E-state index contributed by atoms with van der Waals surface area (Å²) in [6, 6.07) is 8.78. The Labute approximate surface area is 184 Å². The third-order valence-electron chi connectivity index (χ3n) is 3.93. The summed E-state index contributed by atoms with van der Waals surface area (Å²) in [5.74, 6) is -1.28. The first-order valence-corrected chi connectivity index (χ1v) is 10.5. The second-order valence-corrected chi connectivity index (χ2v) is 8.40. The number of amides is 2. The molecule has 160 valence electrons. The van der Waals surface area contributed by atoms with Gasteiger partial charge in [0.1, 0.15) is 5.56 Å². The van der Waals surface area contributed by atoms with Crippen molar-refractivity contribution in [1.29, 1.82) is 0 Å². The number of nitrogens with zero attached hydrogens (tertiary/aromatic N) is 2. The average molecular weight is 460 g/mol. The number of thioether (sulfide) groups is 1. The molecule has 2 amide bonds. The number of nitro benzene ring substituents is 1. The summed E-state index contributed by atoms with van der Waals surface area (Å²) >= 11 is 2.58. The molecule has 0 atom stereocenters. The first-order valence-electron chi connectivity index (χ1n) is 8.74. The van der Waals surface area contributed by atoms with Crippen LogP contribution in [0.15, 0.2) is 40.7 Å². The molecule has 0 unspecified atom stereocenters. The highest BCUT2D eigenvalue weighted by molar-refractivity contribution is 8.01. The number of nitro groups is 1. The first-order chi connectivity index (χ1) is 14.8. The second-order valence-electron chi connectivity index (χ2n) is 6.15. The number of hydrogen-bond donors (Lipinski definition) is 2. The summed E-state index contributed by atoms with van der Waals surface area (Å²) in [7, 11) is 1.31. The number of methoxy groups -OCH3 is 1. The van der Waals surface area contributed by atoms with Crippen molar-refractivity contribution in [2.24, 2.45) is 0 Å². The maximum absolute atomic E-state index is 12.7. The molecule has 31 heavy (non-hydrogen) atoms. The quantitative estimate of drug-likeness (QED) is 0.235. The zero-order chi connectivity index (χ0) is 22.5. The standard InChI is InChI=1S/C19H16N4O6S2/c1-10(24)20-11-4-6-15(23(27)28)13(7-11)18(26)21-12-3-5-14-16(8-12)31-19(22-14)30-9-17(25)29-2/h3-8H,9H2,1-2H3,(H,20,24)(H,21,26). The SMILES string of the molecule is COC(=O)CSc1nc2ccc(NC(=O)c3cc(NC(C)=O)ccc3[N+](=O)[O-])cc2s1. The molecule has 3 aromatic rings. The molecular formula is C19H16N4O6S2. The van der Waals surface area contributed by atoms with E-state index in [0.717, 1.165) is 10.8 Å². The number of nitrogens with one attached hydrogen (secondary N) is 2. The lowest BCUT2D eigenvalue weighted by molar-refractivity contribution is -0.385. The molecule has 0 spiro atoms. The minimum atomic E-state index is -0.692. The molecule has 0 saturated heterocycles. The zero-order valence-corrected chi connectivity index (χ0v) is 18.0. The molecule has 0 bridgehead atoms. The van der Waals surface area contributed by atoms with E-state index in [-0.39, 0.29) is 34.6 Å². The van der Waals surface area contributed by atoms with Crippen molar-refractivity contribution < 1.29 is 24.0 Å². The van der Waals surface area contributed by atoms with Crippen molar-refractivity contribution in [3.8, 4) is 0 Å². The molecule has 0 aliphatic heterocycles. The van der Waals surface area contributed by atoms with Crippen LogP contribution in [-0.2, 0) is 14.3 Å². The van der Waals surface area contributed by atoms with Crippen LogP contribution in [-0.4, -0.2) is 40.6 Å². The minimum absolute atomic E-state index is 0.133. The fourth-order valence-corrected chi connectivity index (χ4v) is 4.52. The normalized spacial score (nSPS) is 10.5. The Morgan fingerprint density at radius 1 is 1.16 bits per heavy atom. The van der Waals surface area contributed by atoms with Gasteiger partial charge in [0.15, 0.2) is 4.34 Å². The van der Waals surface area contributed by atoms with E-state index in [9.17, 15) is 24.5 Å². The van der Waals surface area contributed by atoms with Crippen LogP contribution in [0.2, 0.25) is 0 Å². The third-order valence-corrected chi connectivity index (χ3v) is 6.06. The van der Waals surface area contributed by atoms with Crippen molar-refractivity contribution >= 4 is 68.2 Å². The fraction of sp³-hybridized carbons (Fsp3) is 0.158. The van der Waals surface area contributed by atoms with E-state index in [4.69, 9.17) is 0 Å². The van der Waals surface area contributed by atoms with Crippen LogP contribution in [0, 0.1) is 10.1 Å². The number of esters is 1. The van der Waals surface area contributed by atoms with Gasteiger partial charge in [-0.15, -0.1) is 11.3 Å². The van der Waals surface area contributed by atoms with Crippen molar-refractivity contribution in [3.63, 3.8) is 0 Å². The number of benzene rings is 2. The number of rotatable bonds is 7. The summed E-state index contributed by atoms with van der Waals surface area (Å²) in [4.78, 5) is 50.3. The van der Waals surface area contributed by atoms with E-state index in [0.29, 0.717) is 15.5 Å². The van der Waals surface area contributed by atoms with Gasteiger partial charge < -0.3 is 15.4 Å². The number of thiazole rings is 1. The Morgan fingerprint density at radius 2 is 1.87 bits per heavy atom. The summed E-state index contributed by atoms with van der Waals surface area (Å²) < 4.78 is 6.04. The Kier molecular flexibility index (Phi) is 6.82. The molecule has 3 rings (SSSR count). The second kappa shape index (κ2) is 9.53. The first kappa shape index (κ1) is 22.2. The van der Waals surface area contributed by atoms with Crippen LogP contribution >= 0.6 is 23.1 Å². The van der Waals surface area contributed by atoms with E-state index in [1.54, 1.807) is 18.2 Å². The van der Waals surface area contributed by atoms with Gasteiger partial charge in [0.25, 0.3) is 11.6 Å². The van der Waals surface area contributed by atoms with Crippen LogP contribution in [0.3, 0.4) is 0 Å². The Bertz CT molecular complexity index is 1190. The number of hydrogen-bond acceptors (Lipinski definition) is 9. The van der Waals surface area contributed by atoms with Gasteiger partial charge >= 0.3 is 5.97 Å². The smallest absolute Gasteiger partial charge is 0.316 e. The fourth-order valence-electron chi connectivity index (χ4n) is 2.58. The van der Waals surface area contributed by atoms with Crippen LogP contribution < -0.4 is 10.6 Å². The van der Waals surface area contributed by atoms with Gasteiger partial charge in [-0.1, -0.05) is 11.8 Å². The summed E-state index contributed by atoms with van der Waals surface area (Å²) in [5, 5.41) is 16.5. The van der Waals surface area contributed by atoms with Crippen LogP contribution in [0.25, 0.3) is 10.2 Å². The average Bonchev–Trinajstić information content (AvgIpc) is 3.13. The van der Waals surface area contributed by atoms with Gasteiger partial charge in [0, 0.05) is 24.4 Å². The number of carbonyl (C=O) groups excluding carboxylic acids is 3. The van der Waals surface area contributed by atoms with Gasteiger partial charge in [-0.3, -0.25) is 24.5 Å². The van der Waals surface area contributed by atoms with Gasteiger partial charge in [-0.2, -0.15) is 0 Å². The van der Waals surface area contributed by atoms with Crippen LogP contribution in [0.1, 0.15) is 17.3 Å². The molecule has 12 heteroatoms. The van der Waals surface area contributed by atoms with E-state index in [2.05, 4.69) is 20.4 Å². The van der Waals surface area contributed by atoms with Gasteiger partial charge in [-0.05, 0) is 30.3 Å². The molecule has 2 N–H and O–H groups in total. The van der Waals surface area contributed by atoms with E-state index >= 15 is 0 Å². The molecule has 10 nitrogen and oxygen atoms in total. The summed E-state index contributed by atoms with van der Waals surface area (Å²) in [5.41, 5.74) is 0.814. The molecule has 1 aromatic heterocycles. The minimum Gasteiger partial charge on any atom is -0.468 e. The number of anilines is 2. The molecule has 0 fully saturated rings. The number of fused-ring (bicyclic) bond motifs is 1. The Morgan fingerprint density at radius 3 is 2.55 bits per heavy atom. The lowest BCUT2D eigenvalue weighted by atomic mass is 10.1. The largest absolute Gasteiger partial charge is 0.468 e. The highest BCUT2D eigenvalue weighted by Gasteiger charge is 2.21. The molecule has 0 saturated carbocycles. The topological polar surface area (TPSA) is 141 Å². The molecule has 1 heterocycles. The van der Waals surface area contributed by atoms with E-state index in [1.165, 1.54) is 49.3 Å². The lowest BCUT2D eigenvalue weighted by Gasteiger charge is -2.08.